The number of hydrogen-bond donors (Lipinski definition) is 1. The minimum Gasteiger partial charge on any atom is -0.411 e. The van der Waals surface area contributed by atoms with E-state index in [-0.39, 0.29) is 5.91 Å². The molecule has 0 spiro atoms. The fourth-order valence-electron chi connectivity index (χ4n) is 1.60. The SMILES string of the molecule is O=C(CSc1nnc(-c2ccc(Br)cc2)o1)NC1CC1. The lowest BCUT2D eigenvalue weighted by Crippen LogP contribution is -2.26. The molecular weight excluding hydrogens is 342 g/mol. The fraction of sp³-hybridized carbons (Fsp3) is 0.308. The van der Waals surface area contributed by atoms with Crippen LogP contribution < -0.4 is 5.32 Å². The molecule has 0 unspecified atom stereocenters. The highest BCUT2D eigenvalue weighted by molar-refractivity contribution is 9.10. The molecule has 0 aliphatic heterocycles. The van der Waals surface area contributed by atoms with Gasteiger partial charge in [-0.15, -0.1) is 10.2 Å². The summed E-state index contributed by atoms with van der Waals surface area (Å²) in [4.78, 5) is 11.6. The second-order valence-electron chi connectivity index (χ2n) is 4.51. The van der Waals surface area contributed by atoms with E-state index < -0.39 is 0 Å². The topological polar surface area (TPSA) is 68.0 Å². The van der Waals surface area contributed by atoms with Crippen molar-refractivity contribution < 1.29 is 9.21 Å². The number of carbonyl (C=O) groups is 1. The summed E-state index contributed by atoms with van der Waals surface area (Å²) in [7, 11) is 0. The smallest absolute Gasteiger partial charge is 0.277 e. The molecule has 20 heavy (non-hydrogen) atoms. The van der Waals surface area contributed by atoms with Gasteiger partial charge in [-0.3, -0.25) is 4.79 Å². The van der Waals surface area contributed by atoms with Gasteiger partial charge in [0, 0.05) is 16.1 Å². The van der Waals surface area contributed by atoms with Gasteiger partial charge in [0.05, 0.1) is 5.75 Å². The van der Waals surface area contributed by atoms with Crippen LogP contribution in [-0.2, 0) is 4.79 Å². The van der Waals surface area contributed by atoms with Gasteiger partial charge >= 0.3 is 0 Å². The van der Waals surface area contributed by atoms with Crippen LogP contribution in [0.25, 0.3) is 11.5 Å². The van der Waals surface area contributed by atoms with E-state index in [1.54, 1.807) is 0 Å². The Kier molecular flexibility index (Phi) is 4.07. The number of halogens is 1. The van der Waals surface area contributed by atoms with Gasteiger partial charge in [-0.2, -0.15) is 0 Å². The third-order valence-electron chi connectivity index (χ3n) is 2.77. The van der Waals surface area contributed by atoms with Crippen molar-refractivity contribution in [2.75, 3.05) is 5.75 Å². The average molecular weight is 354 g/mol. The maximum atomic E-state index is 11.6. The van der Waals surface area contributed by atoms with Crippen LogP contribution in [0.4, 0.5) is 0 Å². The Morgan fingerprint density at radius 2 is 2.10 bits per heavy atom. The summed E-state index contributed by atoms with van der Waals surface area (Å²) in [6.07, 6.45) is 2.18. The van der Waals surface area contributed by atoms with E-state index in [0.29, 0.717) is 22.9 Å². The molecule has 104 valence electrons. The monoisotopic (exact) mass is 353 g/mol. The molecule has 1 fully saturated rings. The van der Waals surface area contributed by atoms with Crippen molar-refractivity contribution in [2.24, 2.45) is 0 Å². The Morgan fingerprint density at radius 3 is 2.80 bits per heavy atom. The molecule has 0 radical (unpaired) electrons. The maximum absolute atomic E-state index is 11.6. The van der Waals surface area contributed by atoms with Gasteiger partial charge in [0.25, 0.3) is 5.22 Å². The third-order valence-corrected chi connectivity index (χ3v) is 4.11. The molecule has 7 heteroatoms. The maximum Gasteiger partial charge on any atom is 0.277 e. The zero-order chi connectivity index (χ0) is 13.9. The molecule has 1 aromatic carbocycles. The Bertz CT molecular complexity index is 610. The first kappa shape index (κ1) is 13.6. The number of rotatable bonds is 5. The predicted molar refractivity (Wildman–Crippen MR) is 79.3 cm³/mol. The van der Waals surface area contributed by atoms with E-state index in [1.165, 1.54) is 11.8 Å². The summed E-state index contributed by atoms with van der Waals surface area (Å²) in [5.74, 6) is 0.779. The molecule has 1 aliphatic rings. The van der Waals surface area contributed by atoms with Crippen molar-refractivity contribution in [1.82, 2.24) is 15.5 Å². The Labute approximate surface area is 128 Å². The van der Waals surface area contributed by atoms with Crippen molar-refractivity contribution in [3.63, 3.8) is 0 Å². The average Bonchev–Trinajstić information content (AvgIpc) is 3.12. The standard InChI is InChI=1S/C13H12BrN3O2S/c14-9-3-1-8(2-4-9)12-16-17-13(19-12)20-7-11(18)15-10-5-6-10/h1-4,10H,5-7H2,(H,15,18). The van der Waals surface area contributed by atoms with Crippen molar-refractivity contribution in [2.45, 2.75) is 24.1 Å². The summed E-state index contributed by atoms with van der Waals surface area (Å²) in [5, 5.41) is 11.2. The lowest BCUT2D eigenvalue weighted by atomic mass is 10.2. The van der Waals surface area contributed by atoms with E-state index in [4.69, 9.17) is 4.42 Å². The molecule has 1 amide bonds. The van der Waals surface area contributed by atoms with E-state index in [2.05, 4.69) is 31.4 Å². The first-order valence-corrected chi connectivity index (χ1v) is 8.00. The number of carbonyl (C=O) groups excluding carboxylic acids is 1. The zero-order valence-corrected chi connectivity index (χ0v) is 12.9. The van der Waals surface area contributed by atoms with E-state index in [1.807, 2.05) is 24.3 Å². The Morgan fingerprint density at radius 1 is 1.35 bits per heavy atom. The van der Waals surface area contributed by atoms with Crippen LogP contribution in [0.5, 0.6) is 0 Å². The fourth-order valence-corrected chi connectivity index (χ4v) is 2.44. The molecule has 0 saturated heterocycles. The molecule has 1 saturated carbocycles. The van der Waals surface area contributed by atoms with Crippen LogP contribution in [0.1, 0.15) is 12.8 Å². The third kappa shape index (κ3) is 3.61. The molecule has 2 aromatic rings. The number of nitrogens with one attached hydrogen (secondary N) is 1. The van der Waals surface area contributed by atoms with Gasteiger partial charge in [0.15, 0.2) is 0 Å². The first-order valence-electron chi connectivity index (χ1n) is 6.22. The van der Waals surface area contributed by atoms with Crippen LogP contribution in [0.3, 0.4) is 0 Å². The number of hydrogen-bond acceptors (Lipinski definition) is 5. The zero-order valence-electron chi connectivity index (χ0n) is 10.5. The van der Waals surface area contributed by atoms with Gasteiger partial charge < -0.3 is 9.73 Å². The van der Waals surface area contributed by atoms with Crippen LogP contribution in [-0.4, -0.2) is 27.9 Å². The van der Waals surface area contributed by atoms with Crippen molar-refractivity contribution in [3.05, 3.63) is 28.7 Å². The highest BCUT2D eigenvalue weighted by Gasteiger charge is 2.23. The molecule has 5 nitrogen and oxygen atoms in total. The first-order chi connectivity index (χ1) is 9.70. The number of amides is 1. The molecule has 1 heterocycles. The highest BCUT2D eigenvalue weighted by atomic mass is 79.9. The van der Waals surface area contributed by atoms with Gasteiger partial charge in [0.2, 0.25) is 11.8 Å². The minimum atomic E-state index is 0.0147. The Balaban J connectivity index is 1.58. The van der Waals surface area contributed by atoms with Gasteiger partial charge in [-0.05, 0) is 37.1 Å². The largest absolute Gasteiger partial charge is 0.411 e. The molecule has 1 aliphatic carbocycles. The predicted octanol–water partition coefficient (Wildman–Crippen LogP) is 2.87. The van der Waals surface area contributed by atoms with Crippen molar-refractivity contribution in [1.29, 1.82) is 0 Å². The van der Waals surface area contributed by atoms with Gasteiger partial charge in [0.1, 0.15) is 0 Å². The lowest BCUT2D eigenvalue weighted by Gasteiger charge is -1.99. The number of thioether (sulfide) groups is 1. The second kappa shape index (κ2) is 5.97. The van der Waals surface area contributed by atoms with Crippen molar-refractivity contribution >= 4 is 33.6 Å². The second-order valence-corrected chi connectivity index (χ2v) is 6.35. The van der Waals surface area contributed by atoms with Crippen LogP contribution in [0.15, 0.2) is 38.4 Å². The van der Waals surface area contributed by atoms with Crippen molar-refractivity contribution in [3.8, 4) is 11.5 Å². The summed E-state index contributed by atoms with van der Waals surface area (Å²) in [5.41, 5.74) is 0.856. The van der Waals surface area contributed by atoms with Gasteiger partial charge in [-0.1, -0.05) is 27.7 Å². The van der Waals surface area contributed by atoms with E-state index in [9.17, 15) is 4.79 Å². The van der Waals surface area contributed by atoms with E-state index >= 15 is 0 Å². The van der Waals surface area contributed by atoms with Crippen LogP contribution >= 0.6 is 27.7 Å². The van der Waals surface area contributed by atoms with E-state index in [0.717, 1.165) is 22.9 Å². The molecule has 3 rings (SSSR count). The number of nitrogens with zero attached hydrogens (tertiary/aromatic N) is 2. The summed E-state index contributed by atoms with van der Waals surface area (Å²) in [6, 6.07) is 7.99. The molecule has 1 aromatic heterocycles. The number of benzene rings is 1. The molecular formula is C13H12BrN3O2S. The van der Waals surface area contributed by atoms with Gasteiger partial charge in [-0.25, -0.2) is 0 Å². The Hall–Kier alpha value is -1.34. The normalized spacial score (nSPS) is 14.2. The van der Waals surface area contributed by atoms with Crippen LogP contribution in [0.2, 0.25) is 0 Å². The summed E-state index contributed by atoms with van der Waals surface area (Å²) >= 11 is 4.63. The summed E-state index contributed by atoms with van der Waals surface area (Å²) < 4.78 is 6.52. The minimum absolute atomic E-state index is 0.0147. The van der Waals surface area contributed by atoms with Crippen LogP contribution in [0, 0.1) is 0 Å². The molecule has 0 bridgehead atoms. The number of aromatic nitrogens is 2. The molecule has 1 N–H and O–H groups in total. The lowest BCUT2D eigenvalue weighted by molar-refractivity contribution is -0.118. The highest BCUT2D eigenvalue weighted by Crippen LogP contribution is 2.24. The quantitative estimate of drug-likeness (QED) is 0.837. The summed E-state index contributed by atoms with van der Waals surface area (Å²) in [6.45, 7) is 0. The molecule has 0 atom stereocenters.